The number of aryl methyl sites for hydroxylation is 1. The molecule has 0 fully saturated rings. The zero-order valence-corrected chi connectivity index (χ0v) is 20.1. The van der Waals surface area contributed by atoms with Crippen LogP contribution in [0.2, 0.25) is 0 Å². The standard InChI is InChI=1S/C26H25F3N6O/c1-16-14-34(15-30-16)22-12-9-18(31-25(22)36-3)10-13-23-32-24-20(11-8-17(2)35(24)33-23)19-6-4-5-7-21(19)26(27,28)29/h4-7,9-10,12-15,17,20H,8,11H2,1-3H3/t17-,20-/m1/s1. The maximum Gasteiger partial charge on any atom is 0.416 e. The molecule has 1 aliphatic heterocycles. The number of nitrogens with zero attached hydrogens (tertiary/aromatic N) is 6. The van der Waals surface area contributed by atoms with Gasteiger partial charge in [0.05, 0.1) is 36.4 Å². The fraction of sp³-hybridized carbons (Fsp3) is 0.308. The number of hydrogen-bond donors (Lipinski definition) is 0. The minimum Gasteiger partial charge on any atom is -0.479 e. The summed E-state index contributed by atoms with van der Waals surface area (Å²) in [5.41, 5.74) is 1.87. The van der Waals surface area contributed by atoms with Crippen molar-refractivity contribution in [1.29, 1.82) is 0 Å². The molecule has 4 heterocycles. The minimum atomic E-state index is -4.43. The molecule has 10 heteroatoms. The van der Waals surface area contributed by atoms with Crippen molar-refractivity contribution in [3.63, 3.8) is 0 Å². The lowest BCUT2D eigenvalue weighted by Gasteiger charge is -2.28. The smallest absolute Gasteiger partial charge is 0.416 e. The molecule has 1 aliphatic rings. The van der Waals surface area contributed by atoms with Gasteiger partial charge in [-0.25, -0.2) is 19.6 Å². The van der Waals surface area contributed by atoms with Crippen molar-refractivity contribution in [3.8, 4) is 11.6 Å². The summed E-state index contributed by atoms with van der Waals surface area (Å²) in [7, 11) is 1.55. The number of ether oxygens (including phenoxy) is 1. The highest BCUT2D eigenvalue weighted by Crippen LogP contribution is 2.42. The van der Waals surface area contributed by atoms with E-state index in [1.807, 2.05) is 36.7 Å². The average Bonchev–Trinajstić information content (AvgIpc) is 3.49. The van der Waals surface area contributed by atoms with Gasteiger partial charge in [-0.15, -0.1) is 0 Å². The van der Waals surface area contributed by atoms with Gasteiger partial charge < -0.3 is 9.30 Å². The molecule has 0 amide bonds. The van der Waals surface area contributed by atoms with E-state index in [0.717, 1.165) is 17.4 Å². The highest BCUT2D eigenvalue weighted by atomic mass is 19.4. The molecule has 0 bridgehead atoms. The molecular formula is C26H25F3N6O. The Morgan fingerprint density at radius 1 is 1.06 bits per heavy atom. The van der Waals surface area contributed by atoms with Gasteiger partial charge in [-0.1, -0.05) is 18.2 Å². The Hall–Kier alpha value is -3.95. The van der Waals surface area contributed by atoms with Gasteiger partial charge in [-0.2, -0.15) is 18.3 Å². The number of fused-ring (bicyclic) bond motifs is 1. The number of benzene rings is 1. The number of rotatable bonds is 5. The summed E-state index contributed by atoms with van der Waals surface area (Å²) in [6.07, 6.45) is 3.90. The van der Waals surface area contributed by atoms with E-state index < -0.39 is 17.7 Å². The molecule has 36 heavy (non-hydrogen) atoms. The first kappa shape index (κ1) is 23.8. The van der Waals surface area contributed by atoms with Gasteiger partial charge in [-0.05, 0) is 62.6 Å². The quantitative estimate of drug-likeness (QED) is 0.348. The van der Waals surface area contributed by atoms with Crippen LogP contribution < -0.4 is 4.74 Å². The van der Waals surface area contributed by atoms with Crippen LogP contribution in [-0.2, 0) is 6.18 Å². The molecule has 0 aliphatic carbocycles. The molecule has 7 nitrogen and oxygen atoms in total. The maximum atomic E-state index is 13.7. The summed E-state index contributed by atoms with van der Waals surface area (Å²) in [5, 5.41) is 4.59. The predicted octanol–water partition coefficient (Wildman–Crippen LogP) is 5.85. The number of hydrogen-bond acceptors (Lipinski definition) is 5. The molecule has 186 valence electrons. The van der Waals surface area contributed by atoms with Crippen LogP contribution >= 0.6 is 0 Å². The van der Waals surface area contributed by atoms with Crippen LogP contribution in [0.15, 0.2) is 48.9 Å². The van der Waals surface area contributed by atoms with Crippen molar-refractivity contribution in [2.45, 2.75) is 44.8 Å². The number of pyridine rings is 1. The molecule has 0 spiro atoms. The summed E-state index contributed by atoms with van der Waals surface area (Å²) in [5.74, 6) is 0.915. The maximum absolute atomic E-state index is 13.7. The third-order valence-corrected chi connectivity index (χ3v) is 6.37. The Kier molecular flexibility index (Phi) is 6.11. The van der Waals surface area contributed by atoms with E-state index in [1.54, 1.807) is 36.3 Å². The van der Waals surface area contributed by atoms with E-state index in [9.17, 15) is 13.2 Å². The molecule has 0 saturated heterocycles. The summed E-state index contributed by atoms with van der Waals surface area (Å²) in [6.45, 7) is 3.90. The Labute approximate surface area is 206 Å². The van der Waals surface area contributed by atoms with Gasteiger partial charge in [0.15, 0.2) is 5.82 Å². The van der Waals surface area contributed by atoms with Gasteiger partial charge in [0.1, 0.15) is 11.5 Å². The molecule has 0 N–H and O–H groups in total. The second-order valence-electron chi connectivity index (χ2n) is 8.86. The van der Waals surface area contributed by atoms with Gasteiger partial charge in [0, 0.05) is 12.1 Å². The van der Waals surface area contributed by atoms with Gasteiger partial charge in [-0.3, -0.25) is 0 Å². The van der Waals surface area contributed by atoms with E-state index in [1.165, 1.54) is 12.1 Å². The second-order valence-corrected chi connectivity index (χ2v) is 8.86. The number of imidazole rings is 1. The topological polar surface area (TPSA) is 70.7 Å². The van der Waals surface area contributed by atoms with Gasteiger partial charge in [0.25, 0.3) is 0 Å². The normalized spacial score (nSPS) is 17.9. The Morgan fingerprint density at radius 2 is 1.86 bits per heavy atom. The van der Waals surface area contributed by atoms with Crippen molar-refractivity contribution < 1.29 is 17.9 Å². The lowest BCUT2D eigenvalue weighted by molar-refractivity contribution is -0.138. The molecule has 4 aromatic rings. The van der Waals surface area contributed by atoms with E-state index in [-0.39, 0.29) is 11.6 Å². The fourth-order valence-electron chi connectivity index (χ4n) is 4.60. The Morgan fingerprint density at radius 3 is 2.58 bits per heavy atom. The summed E-state index contributed by atoms with van der Waals surface area (Å²) >= 11 is 0. The van der Waals surface area contributed by atoms with E-state index in [4.69, 9.17) is 4.74 Å². The number of halogens is 3. The summed E-state index contributed by atoms with van der Waals surface area (Å²) in [6, 6.07) is 9.48. The van der Waals surface area contributed by atoms with Crippen LogP contribution in [0.25, 0.3) is 17.8 Å². The van der Waals surface area contributed by atoms with Crippen LogP contribution in [0.1, 0.15) is 65.9 Å². The predicted molar refractivity (Wildman–Crippen MR) is 129 cm³/mol. The monoisotopic (exact) mass is 494 g/mol. The molecule has 0 unspecified atom stereocenters. The largest absolute Gasteiger partial charge is 0.479 e. The summed E-state index contributed by atoms with van der Waals surface area (Å²) < 4.78 is 50.1. The first-order valence-corrected chi connectivity index (χ1v) is 11.6. The van der Waals surface area contributed by atoms with Crippen molar-refractivity contribution >= 4 is 12.2 Å². The first-order chi connectivity index (χ1) is 17.2. The Bertz CT molecular complexity index is 1420. The van der Waals surface area contributed by atoms with Crippen molar-refractivity contribution in [1.82, 2.24) is 29.3 Å². The van der Waals surface area contributed by atoms with Crippen LogP contribution in [0, 0.1) is 6.92 Å². The highest BCUT2D eigenvalue weighted by molar-refractivity contribution is 5.65. The lowest BCUT2D eigenvalue weighted by atomic mass is 9.86. The zero-order chi connectivity index (χ0) is 25.4. The third kappa shape index (κ3) is 4.50. The lowest BCUT2D eigenvalue weighted by Crippen LogP contribution is -2.23. The van der Waals surface area contributed by atoms with Crippen LogP contribution in [0.5, 0.6) is 5.88 Å². The van der Waals surface area contributed by atoms with Crippen LogP contribution in [-0.4, -0.2) is 36.4 Å². The number of aromatic nitrogens is 6. The first-order valence-electron chi connectivity index (χ1n) is 11.6. The second kappa shape index (κ2) is 9.25. The number of alkyl halides is 3. The highest BCUT2D eigenvalue weighted by Gasteiger charge is 2.38. The van der Waals surface area contributed by atoms with Crippen molar-refractivity contribution in [2.75, 3.05) is 7.11 Å². The van der Waals surface area contributed by atoms with E-state index >= 15 is 0 Å². The minimum absolute atomic E-state index is 0.0417. The van der Waals surface area contributed by atoms with Gasteiger partial charge in [0.2, 0.25) is 5.88 Å². The van der Waals surface area contributed by atoms with Crippen LogP contribution in [0.4, 0.5) is 13.2 Å². The molecule has 1 aromatic carbocycles. The molecule has 3 aromatic heterocycles. The molecule has 2 atom stereocenters. The Balaban J connectivity index is 1.46. The fourth-order valence-corrected chi connectivity index (χ4v) is 4.60. The average molecular weight is 495 g/mol. The molecule has 0 radical (unpaired) electrons. The number of methoxy groups -OCH3 is 1. The van der Waals surface area contributed by atoms with E-state index in [2.05, 4.69) is 20.1 Å². The third-order valence-electron chi connectivity index (χ3n) is 6.37. The van der Waals surface area contributed by atoms with Gasteiger partial charge >= 0.3 is 6.18 Å². The SMILES string of the molecule is COc1nc(C=Cc2nc3n(n2)[C@H](C)CC[C@@H]3c2ccccc2C(F)(F)F)ccc1-n1cnc(C)c1. The zero-order valence-electron chi connectivity index (χ0n) is 20.1. The van der Waals surface area contributed by atoms with Crippen LogP contribution in [0.3, 0.4) is 0 Å². The molecule has 5 rings (SSSR count). The molecular weight excluding hydrogens is 469 g/mol. The summed E-state index contributed by atoms with van der Waals surface area (Å²) in [4.78, 5) is 13.4. The molecule has 0 saturated carbocycles. The van der Waals surface area contributed by atoms with Crippen molar-refractivity contribution in [2.24, 2.45) is 0 Å². The van der Waals surface area contributed by atoms with Crippen molar-refractivity contribution in [3.05, 3.63) is 83.1 Å². The van der Waals surface area contributed by atoms with E-state index in [0.29, 0.717) is 36.1 Å².